The first-order valence-corrected chi connectivity index (χ1v) is 8.23. The van der Waals surface area contributed by atoms with Crippen LogP contribution in [0.4, 0.5) is 4.39 Å². The second-order valence-electron chi connectivity index (χ2n) is 5.98. The lowest BCUT2D eigenvalue weighted by molar-refractivity contribution is -0.120. The van der Waals surface area contributed by atoms with E-state index >= 15 is 0 Å². The molecule has 130 valence electrons. The Kier molecular flexibility index (Phi) is 6.09. The van der Waals surface area contributed by atoms with Crippen molar-refractivity contribution in [3.8, 4) is 5.69 Å². The van der Waals surface area contributed by atoms with Crippen molar-refractivity contribution in [1.82, 2.24) is 20.4 Å². The molecule has 1 heterocycles. The quantitative estimate of drug-likeness (QED) is 0.818. The molecule has 6 heteroatoms. The molecule has 0 saturated carbocycles. The van der Waals surface area contributed by atoms with E-state index in [4.69, 9.17) is 0 Å². The molecule has 5 nitrogen and oxygen atoms in total. The number of carbonyl (C=O) groups is 1. The Morgan fingerprint density at radius 1 is 1.29 bits per heavy atom. The highest BCUT2D eigenvalue weighted by molar-refractivity contribution is 5.79. The first kappa shape index (κ1) is 18.1. The zero-order valence-electron chi connectivity index (χ0n) is 14.7. The van der Waals surface area contributed by atoms with Gasteiger partial charge in [0.2, 0.25) is 5.91 Å². The van der Waals surface area contributed by atoms with Crippen LogP contribution >= 0.6 is 0 Å². The van der Waals surface area contributed by atoms with Gasteiger partial charge in [0, 0.05) is 23.8 Å². The van der Waals surface area contributed by atoms with Crippen LogP contribution in [-0.4, -0.2) is 34.8 Å². The van der Waals surface area contributed by atoms with Crippen molar-refractivity contribution in [3.63, 3.8) is 0 Å². The van der Waals surface area contributed by atoms with E-state index in [1.54, 1.807) is 16.8 Å². The SMILES string of the molecule is CCN[C@H](C)CNC(=O)Cc1c(C)nn(-c2ccc(F)cc2)c1C. The van der Waals surface area contributed by atoms with Crippen LogP contribution in [0.1, 0.15) is 30.8 Å². The smallest absolute Gasteiger partial charge is 0.224 e. The Morgan fingerprint density at radius 3 is 2.58 bits per heavy atom. The van der Waals surface area contributed by atoms with E-state index < -0.39 is 0 Å². The van der Waals surface area contributed by atoms with Gasteiger partial charge in [-0.2, -0.15) is 5.10 Å². The second-order valence-corrected chi connectivity index (χ2v) is 5.98. The summed E-state index contributed by atoms with van der Waals surface area (Å²) >= 11 is 0. The zero-order valence-corrected chi connectivity index (χ0v) is 14.7. The van der Waals surface area contributed by atoms with Gasteiger partial charge in [-0.3, -0.25) is 4.79 Å². The minimum absolute atomic E-state index is 0.0235. The van der Waals surface area contributed by atoms with Gasteiger partial charge >= 0.3 is 0 Å². The van der Waals surface area contributed by atoms with E-state index in [1.165, 1.54) is 12.1 Å². The molecule has 2 N–H and O–H groups in total. The molecular formula is C18H25FN4O. The molecule has 0 saturated heterocycles. The van der Waals surface area contributed by atoms with Crippen molar-refractivity contribution in [2.75, 3.05) is 13.1 Å². The summed E-state index contributed by atoms with van der Waals surface area (Å²) in [5.74, 6) is -0.306. The molecule has 0 fully saturated rings. The molecule has 1 amide bonds. The summed E-state index contributed by atoms with van der Waals surface area (Å²) in [4.78, 5) is 12.2. The summed E-state index contributed by atoms with van der Waals surface area (Å²) in [7, 11) is 0. The van der Waals surface area contributed by atoms with E-state index in [1.807, 2.05) is 27.7 Å². The number of aromatic nitrogens is 2. The molecule has 0 spiro atoms. The molecule has 1 atom stereocenters. The van der Waals surface area contributed by atoms with Gasteiger partial charge in [0.1, 0.15) is 5.82 Å². The third-order valence-electron chi connectivity index (χ3n) is 4.01. The van der Waals surface area contributed by atoms with Gasteiger partial charge in [-0.05, 0) is 51.6 Å². The summed E-state index contributed by atoms with van der Waals surface area (Å²) in [6.45, 7) is 9.35. The molecular weight excluding hydrogens is 307 g/mol. The number of hydrogen-bond donors (Lipinski definition) is 2. The predicted octanol–water partition coefficient (Wildman–Crippen LogP) is 2.28. The Labute approximate surface area is 142 Å². The van der Waals surface area contributed by atoms with Crippen LogP contribution in [0.3, 0.4) is 0 Å². The molecule has 0 bridgehead atoms. The van der Waals surface area contributed by atoms with Crippen LogP contribution < -0.4 is 10.6 Å². The number of benzene rings is 1. The second kappa shape index (κ2) is 8.06. The normalized spacial score (nSPS) is 12.2. The number of halogens is 1. The Bertz CT molecular complexity index is 694. The summed E-state index contributed by atoms with van der Waals surface area (Å²) in [6.07, 6.45) is 0.289. The van der Waals surface area contributed by atoms with E-state index in [-0.39, 0.29) is 24.2 Å². The topological polar surface area (TPSA) is 58.9 Å². The van der Waals surface area contributed by atoms with Crippen molar-refractivity contribution in [3.05, 3.63) is 47.0 Å². The number of likely N-dealkylation sites (N-methyl/N-ethyl adjacent to an activating group) is 1. The standard InChI is InChI=1S/C18H25FN4O/c1-5-20-12(2)11-21-18(24)10-17-13(3)22-23(14(17)4)16-8-6-15(19)7-9-16/h6-9,12,20H,5,10-11H2,1-4H3,(H,21,24)/t12-/m1/s1. The van der Waals surface area contributed by atoms with Crippen LogP contribution in [0.25, 0.3) is 5.69 Å². The average molecular weight is 332 g/mol. The highest BCUT2D eigenvalue weighted by Crippen LogP contribution is 2.18. The minimum Gasteiger partial charge on any atom is -0.354 e. The third-order valence-corrected chi connectivity index (χ3v) is 4.01. The van der Waals surface area contributed by atoms with Gasteiger partial charge in [-0.25, -0.2) is 9.07 Å². The van der Waals surface area contributed by atoms with Crippen molar-refractivity contribution < 1.29 is 9.18 Å². The van der Waals surface area contributed by atoms with Gasteiger partial charge in [-0.1, -0.05) is 6.92 Å². The van der Waals surface area contributed by atoms with Crippen LogP contribution in [0.2, 0.25) is 0 Å². The first-order chi connectivity index (χ1) is 11.4. The number of nitrogens with zero attached hydrogens (tertiary/aromatic N) is 2. The van der Waals surface area contributed by atoms with Crippen LogP contribution in [-0.2, 0) is 11.2 Å². The van der Waals surface area contributed by atoms with E-state index in [2.05, 4.69) is 15.7 Å². The van der Waals surface area contributed by atoms with Crippen molar-refractivity contribution in [2.24, 2.45) is 0 Å². The lowest BCUT2D eigenvalue weighted by atomic mass is 10.1. The van der Waals surface area contributed by atoms with E-state index in [0.29, 0.717) is 6.54 Å². The number of carbonyl (C=O) groups excluding carboxylic acids is 1. The molecule has 2 aromatic rings. The van der Waals surface area contributed by atoms with Crippen molar-refractivity contribution in [1.29, 1.82) is 0 Å². The van der Waals surface area contributed by atoms with Gasteiger partial charge in [0.25, 0.3) is 0 Å². The van der Waals surface area contributed by atoms with E-state index in [0.717, 1.165) is 29.2 Å². The molecule has 0 aliphatic heterocycles. The molecule has 2 rings (SSSR count). The van der Waals surface area contributed by atoms with Crippen LogP contribution in [0.5, 0.6) is 0 Å². The fourth-order valence-electron chi connectivity index (χ4n) is 2.68. The number of hydrogen-bond acceptors (Lipinski definition) is 3. The maximum Gasteiger partial charge on any atom is 0.224 e. The number of nitrogens with one attached hydrogen (secondary N) is 2. The molecule has 24 heavy (non-hydrogen) atoms. The van der Waals surface area contributed by atoms with Gasteiger partial charge < -0.3 is 10.6 Å². The molecule has 0 aliphatic carbocycles. The fourth-order valence-corrected chi connectivity index (χ4v) is 2.68. The highest BCUT2D eigenvalue weighted by Gasteiger charge is 2.16. The molecule has 0 radical (unpaired) electrons. The van der Waals surface area contributed by atoms with Crippen molar-refractivity contribution in [2.45, 2.75) is 40.2 Å². The molecule has 1 aromatic carbocycles. The maximum absolute atomic E-state index is 13.1. The summed E-state index contributed by atoms with van der Waals surface area (Å²) in [5, 5.41) is 10.7. The summed E-state index contributed by atoms with van der Waals surface area (Å²) in [5.41, 5.74) is 3.40. The monoisotopic (exact) mass is 332 g/mol. The van der Waals surface area contributed by atoms with Crippen LogP contribution in [0.15, 0.2) is 24.3 Å². The zero-order chi connectivity index (χ0) is 17.7. The minimum atomic E-state index is -0.283. The Balaban J connectivity index is 2.08. The average Bonchev–Trinajstić information content (AvgIpc) is 2.82. The number of rotatable bonds is 7. The lowest BCUT2D eigenvalue weighted by Crippen LogP contribution is -2.39. The van der Waals surface area contributed by atoms with Crippen LogP contribution in [0, 0.1) is 19.7 Å². The molecule has 0 aliphatic rings. The van der Waals surface area contributed by atoms with Gasteiger partial charge in [0.15, 0.2) is 0 Å². The number of amides is 1. The van der Waals surface area contributed by atoms with E-state index in [9.17, 15) is 9.18 Å². The maximum atomic E-state index is 13.1. The summed E-state index contributed by atoms with van der Waals surface area (Å²) in [6, 6.07) is 6.40. The Hall–Kier alpha value is -2.21. The highest BCUT2D eigenvalue weighted by atomic mass is 19.1. The van der Waals surface area contributed by atoms with Gasteiger partial charge in [-0.15, -0.1) is 0 Å². The predicted molar refractivity (Wildman–Crippen MR) is 92.8 cm³/mol. The Morgan fingerprint density at radius 2 is 1.96 bits per heavy atom. The largest absolute Gasteiger partial charge is 0.354 e. The van der Waals surface area contributed by atoms with Crippen molar-refractivity contribution >= 4 is 5.91 Å². The lowest BCUT2D eigenvalue weighted by Gasteiger charge is -2.13. The van der Waals surface area contributed by atoms with Gasteiger partial charge in [0.05, 0.1) is 17.8 Å². The third kappa shape index (κ3) is 4.41. The fraction of sp³-hybridized carbons (Fsp3) is 0.444. The first-order valence-electron chi connectivity index (χ1n) is 8.23. The summed E-state index contributed by atoms with van der Waals surface area (Å²) < 4.78 is 14.8. The number of aryl methyl sites for hydroxylation is 1. The molecule has 1 aromatic heterocycles. The molecule has 0 unspecified atom stereocenters.